The van der Waals surface area contributed by atoms with Crippen LogP contribution in [0.5, 0.6) is 0 Å². The minimum atomic E-state index is 0. The molecule has 0 amide bonds. The fourth-order valence-electron chi connectivity index (χ4n) is 0. The Bertz CT molecular complexity index is 33.4. The molecule has 0 spiro atoms. The monoisotopic (exact) mass is 217 g/mol. The highest BCUT2D eigenvalue weighted by atomic mass is 79.9. The summed E-state index contributed by atoms with van der Waals surface area (Å²) >= 11 is 0. The van der Waals surface area contributed by atoms with E-state index in [-0.39, 0.29) is 23.6 Å². The van der Waals surface area contributed by atoms with E-state index in [9.17, 15) is 0 Å². The van der Waals surface area contributed by atoms with Crippen LogP contribution in [0.2, 0.25) is 0 Å². The van der Waals surface area contributed by atoms with Crippen LogP contribution in [0.1, 0.15) is 0 Å². The van der Waals surface area contributed by atoms with E-state index in [0.29, 0.717) is 0 Å². The Labute approximate surface area is 70.6 Å². The maximum Gasteiger partial charge on any atom is 0.0465 e. The molecule has 60 valence electrons. The summed E-state index contributed by atoms with van der Waals surface area (Å²) in [5, 5.41) is 7.85. The van der Waals surface area contributed by atoms with Crippen molar-refractivity contribution < 1.29 is 5.11 Å². The van der Waals surface area contributed by atoms with Gasteiger partial charge in [0.1, 0.15) is 0 Å². The molecule has 0 aromatic heterocycles. The van der Waals surface area contributed by atoms with Crippen molar-refractivity contribution in [3.8, 4) is 0 Å². The molecule has 4 heteroatoms. The molecule has 1 N–H and O–H groups in total. The summed E-state index contributed by atoms with van der Waals surface area (Å²) in [5.41, 5.74) is 0. The molecule has 0 fully saturated rings. The first-order chi connectivity index (χ1) is 3.65. The van der Waals surface area contributed by atoms with Crippen molar-refractivity contribution in [2.45, 2.75) is 0 Å². The van der Waals surface area contributed by atoms with Gasteiger partial charge in [0.25, 0.3) is 0 Å². The highest BCUT2D eigenvalue weighted by molar-refractivity contribution is 8.93. The third kappa shape index (κ3) is 123. The Balaban J connectivity index is -0.0000000720. The molecule has 0 radical (unpaired) electrons. The van der Waals surface area contributed by atoms with Gasteiger partial charge in [0.15, 0.2) is 0 Å². The lowest BCUT2D eigenvalue weighted by atomic mass is 10.9. The van der Waals surface area contributed by atoms with Crippen LogP contribution in [0.4, 0.5) is 0 Å². The Morgan fingerprint density at radius 2 is 1.44 bits per heavy atom. The van der Waals surface area contributed by atoms with E-state index in [4.69, 9.17) is 5.11 Å². The molecule has 1 unspecified atom stereocenters. The van der Waals surface area contributed by atoms with E-state index < -0.39 is 0 Å². The predicted molar refractivity (Wildman–Crippen MR) is 51.6 cm³/mol. The summed E-state index contributed by atoms with van der Waals surface area (Å²) in [6.07, 6.45) is 0.792. The standard InChI is InChI=1S/C3H9N.C2H7OP.BrH/c1-4(2)3;3-1-2-4;/h1-3H3;3H,1-2,4H2;1H. The van der Waals surface area contributed by atoms with Gasteiger partial charge in [0.2, 0.25) is 0 Å². The molecular weight excluding hydrogens is 201 g/mol. The van der Waals surface area contributed by atoms with Crippen LogP contribution in [0, 0.1) is 0 Å². The van der Waals surface area contributed by atoms with E-state index in [2.05, 4.69) is 9.24 Å². The quantitative estimate of drug-likeness (QED) is 0.652. The Morgan fingerprint density at radius 3 is 1.44 bits per heavy atom. The second-order valence-electron chi connectivity index (χ2n) is 1.85. The second kappa shape index (κ2) is 15.9. The first-order valence-corrected chi connectivity index (χ1v) is 3.38. The van der Waals surface area contributed by atoms with Gasteiger partial charge in [-0.05, 0) is 27.3 Å². The zero-order valence-corrected chi connectivity index (χ0v) is 9.16. The molecule has 0 aromatic carbocycles. The van der Waals surface area contributed by atoms with E-state index >= 15 is 0 Å². The number of hydrogen-bond acceptors (Lipinski definition) is 2. The molecule has 0 aliphatic heterocycles. The zero-order valence-electron chi connectivity index (χ0n) is 6.29. The van der Waals surface area contributed by atoms with Crippen molar-refractivity contribution in [3.05, 3.63) is 0 Å². The highest BCUT2D eigenvalue weighted by Crippen LogP contribution is 1.70. The molecule has 1 atom stereocenters. The van der Waals surface area contributed by atoms with Gasteiger partial charge in [-0.2, -0.15) is 0 Å². The van der Waals surface area contributed by atoms with Crippen molar-refractivity contribution >= 4 is 26.2 Å². The van der Waals surface area contributed by atoms with Crippen LogP contribution in [-0.2, 0) is 0 Å². The van der Waals surface area contributed by atoms with Gasteiger partial charge in [0.05, 0.1) is 0 Å². The zero-order chi connectivity index (χ0) is 6.99. The van der Waals surface area contributed by atoms with Crippen LogP contribution in [0.3, 0.4) is 0 Å². The molecule has 0 aromatic rings. The Kier molecular flexibility index (Phi) is 29.1. The number of hydrogen-bond donors (Lipinski definition) is 1. The SMILES string of the molecule is Br.CN(C)C.OCCP. The van der Waals surface area contributed by atoms with Crippen LogP contribution in [0.25, 0.3) is 0 Å². The van der Waals surface area contributed by atoms with Crippen molar-refractivity contribution in [2.24, 2.45) is 0 Å². The lowest BCUT2D eigenvalue weighted by molar-refractivity contribution is 0.322. The molecule has 0 saturated heterocycles. The van der Waals surface area contributed by atoms with E-state index in [1.54, 1.807) is 0 Å². The average Bonchev–Trinajstić information content (AvgIpc) is 1.65. The largest absolute Gasteiger partial charge is 0.396 e. The van der Waals surface area contributed by atoms with Crippen molar-refractivity contribution in [1.29, 1.82) is 0 Å². The third-order valence-corrected chi connectivity index (χ3v) is 0.387. The lowest BCUT2D eigenvalue weighted by Gasteiger charge is -1.90. The van der Waals surface area contributed by atoms with Gasteiger partial charge >= 0.3 is 0 Å². The summed E-state index contributed by atoms with van der Waals surface area (Å²) in [6, 6.07) is 0. The van der Waals surface area contributed by atoms with Crippen LogP contribution < -0.4 is 0 Å². The molecule has 0 rings (SSSR count). The maximum atomic E-state index is 7.85. The normalized spacial score (nSPS) is 7.33. The summed E-state index contributed by atoms with van der Waals surface area (Å²) in [7, 11) is 8.41. The summed E-state index contributed by atoms with van der Waals surface area (Å²) in [6.45, 7) is 0.282. The van der Waals surface area contributed by atoms with Gasteiger partial charge in [-0.25, -0.2) is 0 Å². The van der Waals surface area contributed by atoms with Gasteiger partial charge in [0, 0.05) is 6.61 Å². The number of rotatable bonds is 1. The molecule has 0 saturated carbocycles. The van der Waals surface area contributed by atoms with Crippen molar-refractivity contribution in [2.75, 3.05) is 33.9 Å². The first-order valence-electron chi connectivity index (χ1n) is 2.57. The third-order valence-electron chi connectivity index (χ3n) is 0.129. The van der Waals surface area contributed by atoms with Gasteiger partial charge in [-0.1, -0.05) is 0 Å². The number of aliphatic hydroxyl groups is 1. The molecule has 0 aliphatic carbocycles. The summed E-state index contributed by atoms with van der Waals surface area (Å²) < 4.78 is 0. The number of nitrogens with zero attached hydrogens (tertiary/aromatic N) is 1. The maximum absolute atomic E-state index is 7.85. The predicted octanol–water partition coefficient (Wildman–Crippen LogP) is 0.609. The van der Waals surface area contributed by atoms with Crippen molar-refractivity contribution in [1.82, 2.24) is 4.90 Å². The minimum Gasteiger partial charge on any atom is -0.396 e. The van der Waals surface area contributed by atoms with E-state index in [1.807, 2.05) is 26.0 Å². The summed E-state index contributed by atoms with van der Waals surface area (Å²) in [4.78, 5) is 2.00. The van der Waals surface area contributed by atoms with Gasteiger partial charge in [-0.3, -0.25) is 0 Å². The lowest BCUT2D eigenvalue weighted by Crippen LogP contribution is -1.99. The van der Waals surface area contributed by atoms with Crippen molar-refractivity contribution in [3.63, 3.8) is 0 Å². The topological polar surface area (TPSA) is 23.5 Å². The Morgan fingerprint density at radius 1 is 1.33 bits per heavy atom. The molecule has 9 heavy (non-hydrogen) atoms. The highest BCUT2D eigenvalue weighted by Gasteiger charge is 1.58. The molecule has 0 aliphatic rings. The van der Waals surface area contributed by atoms with Crippen LogP contribution >= 0.6 is 26.2 Å². The first kappa shape index (κ1) is 16.4. The number of halogens is 1. The molecular formula is C5H17BrNOP. The minimum absolute atomic E-state index is 0. The van der Waals surface area contributed by atoms with E-state index in [1.165, 1.54) is 0 Å². The summed E-state index contributed by atoms with van der Waals surface area (Å²) in [5.74, 6) is 0. The number of aliphatic hydroxyl groups excluding tert-OH is 1. The van der Waals surface area contributed by atoms with E-state index in [0.717, 1.165) is 6.16 Å². The molecule has 0 heterocycles. The Hall–Kier alpha value is 0.830. The second-order valence-corrected chi connectivity index (χ2v) is 2.43. The van der Waals surface area contributed by atoms with Gasteiger partial charge < -0.3 is 10.0 Å². The fourth-order valence-corrected chi connectivity index (χ4v) is 0. The average molecular weight is 218 g/mol. The van der Waals surface area contributed by atoms with Crippen LogP contribution in [-0.4, -0.2) is 43.9 Å². The van der Waals surface area contributed by atoms with Gasteiger partial charge in [-0.15, -0.1) is 26.2 Å². The molecule has 0 bridgehead atoms. The fraction of sp³-hybridized carbons (Fsp3) is 1.00. The smallest absolute Gasteiger partial charge is 0.0465 e. The molecule has 2 nitrogen and oxygen atoms in total. The van der Waals surface area contributed by atoms with Crippen LogP contribution in [0.15, 0.2) is 0 Å².